The summed E-state index contributed by atoms with van der Waals surface area (Å²) < 4.78 is 16.9. The third kappa shape index (κ3) is 2.68. The summed E-state index contributed by atoms with van der Waals surface area (Å²) in [6.07, 6.45) is 1.68. The van der Waals surface area contributed by atoms with E-state index in [4.69, 9.17) is 5.73 Å². The van der Waals surface area contributed by atoms with Gasteiger partial charge >= 0.3 is 0 Å². The Kier molecular flexibility index (Phi) is 3.97. The fourth-order valence-electron chi connectivity index (χ4n) is 3.91. The van der Waals surface area contributed by atoms with Gasteiger partial charge in [0.25, 0.3) is 0 Å². The summed E-state index contributed by atoms with van der Waals surface area (Å²) in [6.45, 7) is 0. The molecule has 0 aliphatic rings. The number of pyridine rings is 1. The van der Waals surface area contributed by atoms with E-state index in [0.717, 1.165) is 16.5 Å². The minimum Gasteiger partial charge on any atom is -0.384 e. The van der Waals surface area contributed by atoms with Gasteiger partial charge in [0.15, 0.2) is 0 Å². The van der Waals surface area contributed by atoms with Crippen LogP contribution in [0.25, 0.3) is 44.1 Å². The number of fused-ring (bicyclic) bond motifs is 2. The number of benzene rings is 3. The smallest absolute Gasteiger partial charge is 0.134 e. The number of nitrogen functional groups attached to an aromatic ring is 1. The molecule has 3 aromatic carbocycles. The van der Waals surface area contributed by atoms with Gasteiger partial charge in [-0.3, -0.25) is 4.68 Å². The average Bonchev–Trinajstić information content (AvgIpc) is 3.13. The van der Waals surface area contributed by atoms with E-state index in [9.17, 15) is 5.26 Å². The van der Waals surface area contributed by atoms with Gasteiger partial charge < -0.3 is 5.73 Å². The van der Waals surface area contributed by atoms with Crippen molar-refractivity contribution in [1.82, 2.24) is 14.8 Å². The molecule has 2 N–H and O–H groups in total. The normalized spacial score (nSPS) is 11.1. The van der Waals surface area contributed by atoms with E-state index in [1.165, 1.54) is 6.07 Å². The molecule has 0 amide bonds. The van der Waals surface area contributed by atoms with Crippen molar-refractivity contribution in [1.29, 1.82) is 5.26 Å². The Labute approximate surface area is 171 Å². The first-order valence-electron chi connectivity index (χ1n) is 9.37. The molecule has 0 fully saturated rings. The molecule has 6 heteroatoms. The van der Waals surface area contributed by atoms with E-state index < -0.39 is 5.82 Å². The van der Waals surface area contributed by atoms with Crippen LogP contribution in [-0.2, 0) is 7.05 Å². The maximum absolute atomic E-state index is 15.3. The molecular weight excluding hydrogens is 377 g/mol. The molecule has 5 rings (SSSR count). The summed E-state index contributed by atoms with van der Waals surface area (Å²) in [5, 5.41) is 16.6. The quantitative estimate of drug-likeness (QED) is 0.455. The van der Waals surface area contributed by atoms with Crippen LogP contribution in [0.2, 0.25) is 0 Å². The van der Waals surface area contributed by atoms with Crippen LogP contribution in [0.1, 0.15) is 5.56 Å². The predicted molar refractivity (Wildman–Crippen MR) is 116 cm³/mol. The molecule has 5 aromatic rings. The first-order valence-corrected chi connectivity index (χ1v) is 9.37. The van der Waals surface area contributed by atoms with Gasteiger partial charge in [0.1, 0.15) is 17.7 Å². The van der Waals surface area contributed by atoms with Crippen LogP contribution in [0.15, 0.2) is 66.9 Å². The highest BCUT2D eigenvalue weighted by atomic mass is 19.1. The van der Waals surface area contributed by atoms with Gasteiger partial charge in [-0.25, -0.2) is 9.37 Å². The maximum atomic E-state index is 15.3. The van der Waals surface area contributed by atoms with Crippen LogP contribution < -0.4 is 5.73 Å². The lowest BCUT2D eigenvalue weighted by atomic mass is 9.93. The molecule has 2 heterocycles. The van der Waals surface area contributed by atoms with Crippen LogP contribution in [0.3, 0.4) is 0 Å². The van der Waals surface area contributed by atoms with E-state index in [2.05, 4.69) is 16.2 Å². The average molecular weight is 393 g/mol. The highest BCUT2D eigenvalue weighted by Gasteiger charge is 2.22. The molecule has 2 aromatic heterocycles. The molecule has 0 saturated heterocycles. The van der Waals surface area contributed by atoms with Crippen molar-refractivity contribution in [3.05, 3.63) is 78.2 Å². The zero-order chi connectivity index (χ0) is 20.8. The Morgan fingerprint density at radius 1 is 1.03 bits per heavy atom. The van der Waals surface area contributed by atoms with Crippen LogP contribution in [0.5, 0.6) is 0 Å². The van der Waals surface area contributed by atoms with Crippen molar-refractivity contribution < 1.29 is 4.39 Å². The fraction of sp³-hybridized carbons (Fsp3) is 0.0417. The lowest BCUT2D eigenvalue weighted by Gasteiger charge is -2.13. The first-order chi connectivity index (χ1) is 14.6. The topological polar surface area (TPSA) is 80.5 Å². The third-order valence-corrected chi connectivity index (χ3v) is 5.31. The van der Waals surface area contributed by atoms with Crippen LogP contribution >= 0.6 is 0 Å². The molecule has 0 spiro atoms. The second-order valence-electron chi connectivity index (χ2n) is 7.12. The molecule has 0 unspecified atom stereocenters. The molecule has 0 bridgehead atoms. The van der Waals surface area contributed by atoms with E-state index in [1.54, 1.807) is 30.1 Å². The molecule has 5 nitrogen and oxygen atoms in total. The molecule has 0 radical (unpaired) electrons. The lowest BCUT2D eigenvalue weighted by Crippen LogP contribution is -2.00. The minimum absolute atomic E-state index is 0.242. The Morgan fingerprint density at radius 2 is 1.83 bits per heavy atom. The minimum atomic E-state index is -0.460. The summed E-state index contributed by atoms with van der Waals surface area (Å²) in [5.74, 6) is -0.0309. The van der Waals surface area contributed by atoms with E-state index in [1.807, 2.05) is 42.5 Å². The monoisotopic (exact) mass is 393 g/mol. The first kappa shape index (κ1) is 17.8. The van der Waals surface area contributed by atoms with E-state index >= 15 is 4.39 Å². The maximum Gasteiger partial charge on any atom is 0.134 e. The number of halogens is 1. The largest absolute Gasteiger partial charge is 0.384 e. The Balaban J connectivity index is 1.81. The van der Waals surface area contributed by atoms with Crippen LogP contribution in [0.4, 0.5) is 10.2 Å². The molecule has 0 saturated carbocycles. The van der Waals surface area contributed by atoms with Crippen molar-refractivity contribution in [3.63, 3.8) is 0 Å². The van der Waals surface area contributed by atoms with Crippen molar-refractivity contribution in [2.45, 2.75) is 0 Å². The van der Waals surface area contributed by atoms with Gasteiger partial charge in [-0.05, 0) is 35.2 Å². The zero-order valence-corrected chi connectivity index (χ0v) is 16.1. The van der Waals surface area contributed by atoms with Crippen LogP contribution in [0, 0.1) is 17.1 Å². The van der Waals surface area contributed by atoms with Gasteiger partial charge in [-0.1, -0.05) is 36.4 Å². The number of aromatic nitrogens is 3. The summed E-state index contributed by atoms with van der Waals surface area (Å²) >= 11 is 0. The standard InChI is InChI=1S/C24H16FN5/c1-30-24(23-18(12-26)17-5-3-2-4-15(17)10-20(23)25)19(13-28-30)16-7-6-14-8-9-22(27)29-21(14)11-16/h2-11,13H,1H3,(H2,27,29). The van der Waals surface area contributed by atoms with Crippen molar-refractivity contribution in [3.8, 4) is 28.5 Å². The second-order valence-corrected chi connectivity index (χ2v) is 7.12. The summed E-state index contributed by atoms with van der Waals surface area (Å²) in [5.41, 5.74) is 9.18. The van der Waals surface area contributed by atoms with E-state index in [0.29, 0.717) is 33.4 Å². The van der Waals surface area contributed by atoms with Crippen LogP contribution in [-0.4, -0.2) is 14.8 Å². The summed E-state index contributed by atoms with van der Waals surface area (Å²) in [4.78, 5) is 4.39. The Bertz CT molecular complexity index is 1490. The third-order valence-electron chi connectivity index (χ3n) is 5.31. The lowest BCUT2D eigenvalue weighted by molar-refractivity contribution is 0.629. The fourth-order valence-corrected chi connectivity index (χ4v) is 3.91. The number of hydrogen-bond acceptors (Lipinski definition) is 4. The molecule has 30 heavy (non-hydrogen) atoms. The van der Waals surface area contributed by atoms with Gasteiger partial charge in [0.05, 0.1) is 28.5 Å². The van der Waals surface area contributed by atoms with Gasteiger partial charge in [-0.2, -0.15) is 10.4 Å². The highest BCUT2D eigenvalue weighted by molar-refractivity contribution is 5.97. The predicted octanol–water partition coefficient (Wildman–Crippen LogP) is 5.05. The van der Waals surface area contributed by atoms with Gasteiger partial charge in [0, 0.05) is 23.4 Å². The number of rotatable bonds is 2. The second kappa shape index (κ2) is 6.68. The summed E-state index contributed by atoms with van der Waals surface area (Å²) in [6, 6.07) is 20.4. The van der Waals surface area contributed by atoms with Crippen molar-refractivity contribution in [2.24, 2.45) is 7.05 Å². The SMILES string of the molecule is Cn1ncc(-c2ccc3ccc(N)nc3c2)c1-c1c(F)cc2ccccc2c1C#N. The molecule has 0 aliphatic carbocycles. The Morgan fingerprint density at radius 3 is 2.67 bits per heavy atom. The Hall–Kier alpha value is -4.24. The number of anilines is 1. The molecule has 0 atom stereocenters. The molecule has 144 valence electrons. The van der Waals surface area contributed by atoms with E-state index in [-0.39, 0.29) is 5.56 Å². The number of aryl methyl sites for hydroxylation is 1. The van der Waals surface area contributed by atoms with Gasteiger partial charge in [-0.15, -0.1) is 0 Å². The van der Waals surface area contributed by atoms with Gasteiger partial charge in [0.2, 0.25) is 0 Å². The van der Waals surface area contributed by atoms with Crippen molar-refractivity contribution >= 4 is 27.5 Å². The zero-order valence-electron chi connectivity index (χ0n) is 16.1. The number of nitrogens with two attached hydrogens (primary N) is 1. The molecule has 0 aliphatic heterocycles. The molecular formula is C24H16FN5. The number of hydrogen-bond donors (Lipinski definition) is 1. The number of nitriles is 1. The van der Waals surface area contributed by atoms with Crippen molar-refractivity contribution in [2.75, 3.05) is 5.73 Å². The number of nitrogens with zero attached hydrogens (tertiary/aromatic N) is 4. The highest BCUT2D eigenvalue weighted by Crippen LogP contribution is 2.38. The summed E-state index contributed by atoms with van der Waals surface area (Å²) in [7, 11) is 1.74.